The zero-order valence-electron chi connectivity index (χ0n) is 34.9. The van der Waals surface area contributed by atoms with Crippen molar-refractivity contribution in [1.29, 1.82) is 5.26 Å². The van der Waals surface area contributed by atoms with E-state index in [1.54, 1.807) is 0 Å². The molecule has 0 bridgehead atoms. The molecule has 0 saturated heterocycles. The van der Waals surface area contributed by atoms with Crippen LogP contribution in [-0.4, -0.2) is 4.98 Å². The van der Waals surface area contributed by atoms with Crippen molar-refractivity contribution >= 4 is 21.8 Å². The summed E-state index contributed by atoms with van der Waals surface area (Å²) in [6.07, 6.45) is 0. The number of benzene rings is 5. The number of nitriles is 1. The van der Waals surface area contributed by atoms with E-state index in [0.717, 1.165) is 60.9 Å². The van der Waals surface area contributed by atoms with E-state index < -0.39 is 0 Å². The van der Waals surface area contributed by atoms with Gasteiger partial charge in [-0.05, 0) is 66.3 Å². The first-order valence-electron chi connectivity index (χ1n) is 19.4. The zero-order valence-corrected chi connectivity index (χ0v) is 37.0. The number of hydrogen-bond donors (Lipinski definition) is 0. The van der Waals surface area contributed by atoms with Gasteiger partial charge >= 0.3 is 22.4 Å². The van der Waals surface area contributed by atoms with Gasteiger partial charge in [-0.1, -0.05) is 149 Å². The van der Waals surface area contributed by atoms with Gasteiger partial charge in [-0.25, -0.2) is 5.56 Å². The Bertz CT molecular complexity index is 2530. The molecule has 3 nitrogen and oxygen atoms in total. The number of fused-ring (bicyclic) bond motifs is 3. The predicted octanol–water partition coefficient (Wildman–Crippen LogP) is 13.7. The van der Waals surface area contributed by atoms with Crippen molar-refractivity contribution in [2.75, 3.05) is 0 Å². The molecule has 286 valence electrons. The average Bonchev–Trinajstić information content (AvgIpc) is 3.51. The number of nitrogens with zero attached hydrogens (tertiary/aromatic N) is 3. The third-order valence-corrected chi connectivity index (χ3v) is 10.8. The first kappa shape index (κ1) is 40.9. The molecule has 2 aromatic heterocycles. The summed E-state index contributed by atoms with van der Waals surface area (Å²) >= 11 is 0. The van der Waals surface area contributed by atoms with Gasteiger partial charge in [-0.15, -0.1) is 34.3 Å². The van der Waals surface area contributed by atoms with Crippen LogP contribution in [0.2, 0.25) is 0 Å². The third kappa shape index (κ3) is 8.21. The van der Waals surface area contributed by atoms with Gasteiger partial charge in [-0.2, -0.15) is 41.2 Å². The van der Waals surface area contributed by atoms with Gasteiger partial charge in [0.25, 0.3) is 0 Å². The Balaban J connectivity index is 0.00000532. The van der Waals surface area contributed by atoms with Crippen LogP contribution in [0.1, 0.15) is 111 Å². The van der Waals surface area contributed by atoms with E-state index in [-0.39, 0.29) is 44.0 Å². The molecule has 2 heterocycles. The quantitative estimate of drug-likeness (QED) is 0.131. The second kappa shape index (κ2) is 14.7. The van der Waals surface area contributed by atoms with Crippen LogP contribution in [0.25, 0.3) is 66.6 Å². The molecule has 7 aromatic rings. The van der Waals surface area contributed by atoms with Crippen LogP contribution in [-0.2, 0) is 44.0 Å². The second-order valence-electron chi connectivity index (χ2n) is 19.3. The van der Waals surface area contributed by atoms with Crippen molar-refractivity contribution in [2.45, 2.75) is 105 Å². The molecule has 0 unspecified atom stereocenters. The summed E-state index contributed by atoms with van der Waals surface area (Å²) in [5.74, 6) is 0. The molecule has 0 amide bonds. The van der Waals surface area contributed by atoms with Gasteiger partial charge in [0.05, 0.1) is 11.8 Å². The maximum atomic E-state index is 10.4. The zero-order chi connectivity index (χ0) is 39.7. The maximum absolute atomic E-state index is 10.4. The normalized spacial score (nSPS) is 12.5. The van der Waals surface area contributed by atoms with Gasteiger partial charge in [0.15, 0.2) is 0 Å². The van der Waals surface area contributed by atoms with Crippen molar-refractivity contribution in [2.24, 2.45) is 0 Å². The molecule has 0 atom stereocenters. The van der Waals surface area contributed by atoms with E-state index in [9.17, 15) is 5.26 Å². The van der Waals surface area contributed by atoms with E-state index in [0.29, 0.717) is 11.3 Å². The van der Waals surface area contributed by atoms with Crippen LogP contribution >= 0.6 is 0 Å². The van der Waals surface area contributed by atoms with E-state index >= 15 is 0 Å². The number of hydrogen-bond acceptors (Lipinski definition) is 2. The molecule has 0 radical (unpaired) electrons. The average molecular weight is 916 g/mol. The molecule has 56 heavy (non-hydrogen) atoms. The summed E-state index contributed by atoms with van der Waals surface area (Å²) in [5.41, 5.74) is 14.5. The molecule has 0 aliphatic rings. The first-order chi connectivity index (χ1) is 25.7. The number of aromatic nitrogens is 2. The summed E-state index contributed by atoms with van der Waals surface area (Å²) in [6.45, 7) is 26.8. The summed E-state index contributed by atoms with van der Waals surface area (Å²) in [4.78, 5) is 10.6. The summed E-state index contributed by atoms with van der Waals surface area (Å²) < 4.78 is 0. The Labute approximate surface area is 350 Å². The van der Waals surface area contributed by atoms with Crippen molar-refractivity contribution in [3.8, 4) is 50.8 Å². The Hall–Kier alpha value is -4.72. The van der Waals surface area contributed by atoms with Gasteiger partial charge in [0.2, 0.25) is 0 Å². The molecule has 4 heteroatoms. The number of pyridine rings is 1. The Morgan fingerprint density at radius 2 is 1.11 bits per heavy atom. The fraction of sp³-hybridized carbons (Fsp3) is 0.308. The molecule has 0 aliphatic carbocycles. The largest absolute Gasteiger partial charge is 3.00 e. The SMILES string of the molecule is CC(C)(C)c1c[c-]c(-c2[c-]c(-c3cc(C#N)cc(-c4cc(C(C)(C)C)cc5c4[n-]c4ccc(C(C)(C)C)cc45)n3)cc(-c3ccc(C(C)(C)C)cc3)c2)cc1.[Au+3]. The van der Waals surface area contributed by atoms with Crippen LogP contribution in [0, 0.1) is 23.5 Å². The Kier molecular flexibility index (Phi) is 10.7. The van der Waals surface area contributed by atoms with E-state index in [1.807, 2.05) is 12.1 Å². The van der Waals surface area contributed by atoms with E-state index in [1.165, 1.54) is 22.3 Å². The summed E-state index contributed by atoms with van der Waals surface area (Å²) in [6, 6.07) is 44.2. The van der Waals surface area contributed by atoms with E-state index in [4.69, 9.17) is 9.97 Å². The van der Waals surface area contributed by atoms with Crippen molar-refractivity contribution < 1.29 is 22.4 Å². The van der Waals surface area contributed by atoms with Crippen LogP contribution in [0.3, 0.4) is 0 Å². The second-order valence-corrected chi connectivity index (χ2v) is 19.3. The van der Waals surface area contributed by atoms with Crippen LogP contribution in [0.4, 0.5) is 0 Å². The smallest absolute Gasteiger partial charge is 0.656 e. The molecule has 7 rings (SSSR count). The number of rotatable bonds is 4. The maximum Gasteiger partial charge on any atom is 3.00 e. The monoisotopic (exact) mass is 915 g/mol. The molecule has 0 fully saturated rings. The van der Waals surface area contributed by atoms with Crippen LogP contribution in [0.15, 0.2) is 97.1 Å². The fourth-order valence-electron chi connectivity index (χ4n) is 7.14. The standard InChI is InChI=1S/C52H52N3.Au/c1-49(2,3)38-17-13-33(14-18-38)35-25-36(34-15-19-39(20-16-34)50(4,5)6)27-37(26-35)46-23-32(31-53)24-47(54-46)44-30-41(52(10,11)12)29-43-42-28-40(51(7,8)9)21-22-45(42)55-48(43)44;/h13-15,17-26,28-30H,1-12H3;/q-3;+3. The molecule has 0 N–H and O–H groups in total. The summed E-state index contributed by atoms with van der Waals surface area (Å²) in [5, 5.41) is 12.7. The van der Waals surface area contributed by atoms with Crippen molar-refractivity contribution in [3.05, 3.63) is 137 Å². The van der Waals surface area contributed by atoms with Crippen molar-refractivity contribution in [3.63, 3.8) is 0 Å². The molecule has 0 spiro atoms. The minimum absolute atomic E-state index is 0. The van der Waals surface area contributed by atoms with Crippen LogP contribution < -0.4 is 4.98 Å². The van der Waals surface area contributed by atoms with Gasteiger partial charge in [0.1, 0.15) is 0 Å². The summed E-state index contributed by atoms with van der Waals surface area (Å²) in [7, 11) is 0. The Morgan fingerprint density at radius 1 is 0.536 bits per heavy atom. The van der Waals surface area contributed by atoms with E-state index in [2.05, 4.69) is 186 Å². The van der Waals surface area contributed by atoms with Crippen molar-refractivity contribution in [1.82, 2.24) is 9.97 Å². The fourth-order valence-corrected chi connectivity index (χ4v) is 7.14. The minimum atomic E-state index is -0.123. The molecular weight excluding hydrogens is 864 g/mol. The Morgan fingerprint density at radius 3 is 1.70 bits per heavy atom. The molecule has 5 aromatic carbocycles. The topological polar surface area (TPSA) is 50.8 Å². The van der Waals surface area contributed by atoms with Crippen LogP contribution in [0.5, 0.6) is 0 Å². The van der Waals surface area contributed by atoms with Gasteiger partial charge < -0.3 is 4.98 Å². The molecule has 0 saturated carbocycles. The third-order valence-electron chi connectivity index (χ3n) is 10.8. The predicted molar refractivity (Wildman–Crippen MR) is 231 cm³/mol. The molecular formula is C52H52AuN3. The van der Waals surface area contributed by atoms with Gasteiger partial charge in [0, 0.05) is 11.3 Å². The minimum Gasteiger partial charge on any atom is -0.656 e. The molecule has 0 aliphatic heterocycles. The first-order valence-corrected chi connectivity index (χ1v) is 19.4. The van der Waals surface area contributed by atoms with Gasteiger partial charge in [-0.3, -0.25) is 4.98 Å².